The van der Waals surface area contributed by atoms with Gasteiger partial charge in [-0.1, -0.05) is 17.8 Å². The van der Waals surface area contributed by atoms with Crippen molar-refractivity contribution in [3.05, 3.63) is 35.7 Å². The van der Waals surface area contributed by atoms with E-state index in [1.54, 1.807) is 6.33 Å². The molecule has 0 atom stereocenters. The average Bonchev–Trinajstić information content (AvgIpc) is 3.26. The number of terminal acetylenes is 1. The number of nitrogens with one attached hydrogen (secondary N) is 1. The molecule has 2 heterocycles. The third kappa shape index (κ3) is 4.95. The topological polar surface area (TPSA) is 84.5 Å². The number of hydrogen-bond acceptors (Lipinski definition) is 6. The van der Waals surface area contributed by atoms with Crippen molar-refractivity contribution in [2.45, 2.75) is 43.9 Å². The predicted octanol–water partition coefficient (Wildman–Crippen LogP) is 3.06. The van der Waals surface area contributed by atoms with Crippen LogP contribution in [0.5, 0.6) is 0 Å². The van der Waals surface area contributed by atoms with Crippen molar-refractivity contribution in [2.75, 3.05) is 12.3 Å². The number of aryl methyl sites for hydroxylation is 2. The fourth-order valence-corrected chi connectivity index (χ4v) is 3.39. The van der Waals surface area contributed by atoms with E-state index in [4.69, 9.17) is 6.42 Å². The van der Waals surface area contributed by atoms with Crippen LogP contribution < -0.4 is 5.32 Å². The highest BCUT2D eigenvalue weighted by Crippen LogP contribution is 2.36. The molecule has 27 heavy (non-hydrogen) atoms. The summed E-state index contributed by atoms with van der Waals surface area (Å²) in [6, 6.07) is 6.17. The molecule has 0 saturated heterocycles. The molecule has 7 nitrogen and oxygen atoms in total. The van der Waals surface area contributed by atoms with Crippen LogP contribution in [0.1, 0.15) is 30.4 Å². The highest BCUT2D eigenvalue weighted by Gasteiger charge is 2.38. The van der Waals surface area contributed by atoms with E-state index in [1.165, 1.54) is 22.9 Å². The molecule has 0 radical (unpaired) electrons. The van der Waals surface area contributed by atoms with Gasteiger partial charge in [0.2, 0.25) is 5.91 Å². The molecule has 1 N–H and O–H groups in total. The van der Waals surface area contributed by atoms with Gasteiger partial charge < -0.3 is 5.32 Å². The van der Waals surface area contributed by atoms with Crippen molar-refractivity contribution in [1.82, 2.24) is 20.1 Å². The quantitative estimate of drug-likeness (QED) is 0.534. The second kappa shape index (κ2) is 8.35. The van der Waals surface area contributed by atoms with Gasteiger partial charge in [-0.05, 0) is 37.1 Å². The molecule has 0 aliphatic carbocycles. The van der Waals surface area contributed by atoms with Crippen LogP contribution in [-0.2, 0) is 4.79 Å². The smallest absolute Gasteiger partial charge is 0.230 e. The Kier molecular flexibility index (Phi) is 5.91. The van der Waals surface area contributed by atoms with Crippen LogP contribution in [0, 0.1) is 26.2 Å². The number of rotatable bonds is 9. The molecule has 0 bridgehead atoms. The Balaban J connectivity index is 1.48. The minimum Gasteiger partial charge on any atom is -0.355 e. The van der Waals surface area contributed by atoms with Crippen LogP contribution in [0.15, 0.2) is 39.9 Å². The maximum Gasteiger partial charge on any atom is 0.230 e. The molecule has 1 aliphatic rings. The summed E-state index contributed by atoms with van der Waals surface area (Å²) in [7, 11) is 0. The molecule has 0 saturated carbocycles. The lowest BCUT2D eigenvalue weighted by molar-refractivity contribution is -0.118. The Morgan fingerprint density at radius 3 is 2.81 bits per heavy atom. The Hall–Kier alpha value is -2.66. The molecule has 3 rings (SSSR count). The standard InChI is InChI=1S/C19H22N6OS/c1-4-5-8-19(23-24-19)9-10-20-17(26)12-27-18-22-21-13-25(18)16-7-6-14(2)15(3)11-16/h1,6-7,11,13H,5,8-10,12H2,2-3H3,(H,20,26). The Labute approximate surface area is 163 Å². The summed E-state index contributed by atoms with van der Waals surface area (Å²) in [5, 5.41) is 19.8. The Bertz CT molecular complexity index is 892. The maximum atomic E-state index is 12.1. The normalized spacial score (nSPS) is 14.0. The largest absolute Gasteiger partial charge is 0.355 e. The first-order chi connectivity index (χ1) is 13.0. The minimum atomic E-state index is -0.365. The number of benzene rings is 1. The number of nitrogens with zero attached hydrogens (tertiary/aromatic N) is 5. The predicted molar refractivity (Wildman–Crippen MR) is 105 cm³/mol. The number of hydrogen-bond donors (Lipinski definition) is 1. The molecule has 8 heteroatoms. The zero-order chi connectivity index (χ0) is 19.3. The second-order valence-electron chi connectivity index (χ2n) is 6.53. The van der Waals surface area contributed by atoms with E-state index in [-0.39, 0.29) is 17.3 Å². The SMILES string of the molecule is C#CCCC1(CCNC(=O)CSc2nncn2-c2ccc(C)c(C)c2)N=N1. The first-order valence-corrected chi connectivity index (χ1v) is 9.76. The Morgan fingerprint density at radius 2 is 2.11 bits per heavy atom. The summed E-state index contributed by atoms with van der Waals surface area (Å²) < 4.78 is 1.89. The van der Waals surface area contributed by atoms with Crippen LogP contribution in [0.4, 0.5) is 0 Å². The zero-order valence-electron chi connectivity index (χ0n) is 15.5. The number of carbonyl (C=O) groups is 1. The van der Waals surface area contributed by atoms with Gasteiger partial charge in [-0.3, -0.25) is 9.36 Å². The van der Waals surface area contributed by atoms with Crippen molar-refractivity contribution >= 4 is 17.7 Å². The summed E-state index contributed by atoms with van der Waals surface area (Å²) in [6.45, 7) is 4.67. The van der Waals surface area contributed by atoms with Crippen LogP contribution in [0.25, 0.3) is 5.69 Å². The summed E-state index contributed by atoms with van der Waals surface area (Å²) in [6.07, 6.45) is 9.01. The lowest BCUT2D eigenvalue weighted by atomic mass is 10.0. The van der Waals surface area contributed by atoms with E-state index >= 15 is 0 Å². The van der Waals surface area contributed by atoms with Gasteiger partial charge in [0.15, 0.2) is 10.8 Å². The van der Waals surface area contributed by atoms with Crippen molar-refractivity contribution in [3.8, 4) is 18.0 Å². The molecule has 0 fully saturated rings. The highest BCUT2D eigenvalue weighted by molar-refractivity contribution is 7.99. The van der Waals surface area contributed by atoms with Crippen LogP contribution in [0.2, 0.25) is 0 Å². The first-order valence-electron chi connectivity index (χ1n) is 8.78. The highest BCUT2D eigenvalue weighted by atomic mass is 32.2. The molecule has 140 valence electrons. The van der Waals surface area contributed by atoms with E-state index < -0.39 is 0 Å². The van der Waals surface area contributed by atoms with Crippen molar-refractivity contribution in [3.63, 3.8) is 0 Å². The average molecular weight is 382 g/mol. The van der Waals surface area contributed by atoms with E-state index in [2.05, 4.69) is 57.6 Å². The number of amides is 1. The monoisotopic (exact) mass is 382 g/mol. The number of carbonyl (C=O) groups excluding carboxylic acids is 1. The van der Waals surface area contributed by atoms with Crippen molar-refractivity contribution < 1.29 is 4.79 Å². The number of aromatic nitrogens is 3. The van der Waals surface area contributed by atoms with Gasteiger partial charge in [-0.25, -0.2) is 0 Å². The lowest BCUT2D eigenvalue weighted by Crippen LogP contribution is -2.29. The molecule has 0 spiro atoms. The summed E-state index contributed by atoms with van der Waals surface area (Å²) in [5.74, 6) is 2.82. The molecular weight excluding hydrogens is 360 g/mol. The van der Waals surface area contributed by atoms with Gasteiger partial charge in [0.25, 0.3) is 0 Å². The van der Waals surface area contributed by atoms with Gasteiger partial charge >= 0.3 is 0 Å². The molecule has 0 unspecified atom stereocenters. The van der Waals surface area contributed by atoms with E-state index in [0.29, 0.717) is 24.5 Å². The van der Waals surface area contributed by atoms with Crippen LogP contribution >= 0.6 is 11.8 Å². The van der Waals surface area contributed by atoms with Gasteiger partial charge in [0, 0.05) is 31.5 Å². The molecular formula is C19H22N6OS. The fraction of sp³-hybridized carbons (Fsp3) is 0.421. The van der Waals surface area contributed by atoms with E-state index in [9.17, 15) is 4.79 Å². The van der Waals surface area contributed by atoms with Crippen molar-refractivity contribution in [2.24, 2.45) is 10.2 Å². The molecule has 2 aromatic rings. The van der Waals surface area contributed by atoms with E-state index in [1.807, 2.05) is 10.6 Å². The fourth-order valence-electron chi connectivity index (χ4n) is 2.63. The first kappa shape index (κ1) is 19.1. The van der Waals surface area contributed by atoms with Gasteiger partial charge in [0.1, 0.15) is 6.33 Å². The van der Waals surface area contributed by atoms with Gasteiger partial charge in [0.05, 0.1) is 5.75 Å². The minimum absolute atomic E-state index is 0.0533. The molecule has 1 aliphatic heterocycles. The maximum absolute atomic E-state index is 12.1. The van der Waals surface area contributed by atoms with Gasteiger partial charge in [-0.15, -0.1) is 22.5 Å². The zero-order valence-corrected chi connectivity index (χ0v) is 16.3. The number of thioether (sulfide) groups is 1. The third-order valence-corrected chi connectivity index (χ3v) is 5.46. The van der Waals surface area contributed by atoms with Crippen LogP contribution in [-0.4, -0.2) is 38.6 Å². The van der Waals surface area contributed by atoms with Crippen LogP contribution in [0.3, 0.4) is 0 Å². The van der Waals surface area contributed by atoms with Gasteiger partial charge in [-0.2, -0.15) is 10.2 Å². The Morgan fingerprint density at radius 1 is 1.30 bits per heavy atom. The summed E-state index contributed by atoms with van der Waals surface area (Å²) in [4.78, 5) is 12.1. The second-order valence-corrected chi connectivity index (χ2v) is 7.47. The third-order valence-electron chi connectivity index (χ3n) is 4.52. The lowest BCUT2D eigenvalue weighted by Gasteiger charge is -2.10. The summed E-state index contributed by atoms with van der Waals surface area (Å²) >= 11 is 1.36. The molecule has 1 aromatic heterocycles. The molecule has 1 amide bonds. The summed E-state index contributed by atoms with van der Waals surface area (Å²) in [5.41, 5.74) is 3.05. The molecule has 1 aromatic carbocycles. The van der Waals surface area contributed by atoms with E-state index in [0.717, 1.165) is 12.1 Å². The van der Waals surface area contributed by atoms with Crippen molar-refractivity contribution in [1.29, 1.82) is 0 Å².